The molecule has 2 aromatic heterocycles. The largest absolute Gasteiger partial charge is 0.454 e. The smallest absolute Gasteiger partial charge is 0.172 e. The van der Waals surface area contributed by atoms with Gasteiger partial charge in [0.25, 0.3) is 0 Å². The second-order valence-electron chi connectivity index (χ2n) is 7.43. The third-order valence-electron chi connectivity index (χ3n) is 5.80. The monoisotopic (exact) mass is 408 g/mol. The normalized spacial score (nSPS) is 11.0. The standard InChI is InChI=1S/C26H8N4O2/c27-9-17(10-28)21-7-15-5-13-1-3-19-24-14(2-4-20(23(13)24)26(15)32-21)6-16-8-22(31-25(16)19)18(11-29)12-30/h1-8H. The summed E-state index contributed by atoms with van der Waals surface area (Å²) >= 11 is 0. The van der Waals surface area contributed by atoms with Crippen molar-refractivity contribution in [3.63, 3.8) is 0 Å². The van der Waals surface area contributed by atoms with E-state index in [4.69, 9.17) is 8.83 Å². The summed E-state index contributed by atoms with van der Waals surface area (Å²) in [6, 6.07) is 22.8. The lowest BCUT2D eigenvalue weighted by Crippen LogP contribution is -1.97. The lowest BCUT2D eigenvalue weighted by atomic mass is 9.92. The van der Waals surface area contributed by atoms with Crippen LogP contribution in [-0.2, 0) is 0 Å². The van der Waals surface area contributed by atoms with Crippen LogP contribution in [0.25, 0.3) is 65.4 Å². The van der Waals surface area contributed by atoms with E-state index < -0.39 is 0 Å². The Hall–Kier alpha value is -5.30. The number of nitriles is 4. The Kier molecular flexibility index (Phi) is 3.35. The van der Waals surface area contributed by atoms with Gasteiger partial charge in [0, 0.05) is 32.3 Å². The fourth-order valence-electron chi connectivity index (χ4n) is 4.47. The SMILES string of the molecule is N#CC(C#N)=c1cc2cc3ccc4c5oc(=C(C#N)C#N)cc5cc5ccc(c2o1)c3c54. The first-order valence-electron chi connectivity index (χ1n) is 9.59. The number of furan rings is 2. The Morgan fingerprint density at radius 3 is 1.31 bits per heavy atom. The molecule has 0 N–H and O–H groups in total. The van der Waals surface area contributed by atoms with Gasteiger partial charge in [0.2, 0.25) is 0 Å². The molecule has 0 aliphatic rings. The van der Waals surface area contributed by atoms with Gasteiger partial charge in [0.15, 0.2) is 22.0 Å². The Labute approximate surface area is 179 Å². The molecule has 6 aromatic rings. The molecule has 0 unspecified atom stereocenters. The average Bonchev–Trinajstić information content (AvgIpc) is 3.42. The van der Waals surface area contributed by atoms with E-state index in [-0.39, 0.29) is 22.0 Å². The molecule has 0 aliphatic carbocycles. The molecule has 6 heteroatoms. The topological polar surface area (TPSA) is 121 Å². The van der Waals surface area contributed by atoms with Gasteiger partial charge in [0.05, 0.1) is 0 Å². The molecule has 0 atom stereocenters. The van der Waals surface area contributed by atoms with Crippen LogP contribution in [0, 0.1) is 45.3 Å². The fourth-order valence-corrected chi connectivity index (χ4v) is 4.47. The zero-order valence-corrected chi connectivity index (χ0v) is 16.2. The van der Waals surface area contributed by atoms with Crippen molar-refractivity contribution in [2.75, 3.05) is 0 Å². The average molecular weight is 408 g/mol. The van der Waals surface area contributed by atoms with Crippen molar-refractivity contribution in [2.45, 2.75) is 0 Å². The van der Waals surface area contributed by atoms with Crippen molar-refractivity contribution in [3.05, 3.63) is 59.4 Å². The van der Waals surface area contributed by atoms with E-state index in [0.29, 0.717) is 11.2 Å². The van der Waals surface area contributed by atoms with Crippen LogP contribution in [0.15, 0.2) is 57.4 Å². The highest BCUT2D eigenvalue weighted by molar-refractivity contribution is 6.31. The predicted octanol–water partition coefficient (Wildman–Crippen LogP) is 4.47. The molecule has 0 spiro atoms. The fraction of sp³-hybridized carbons (Fsp3) is 0. The van der Waals surface area contributed by atoms with Gasteiger partial charge in [-0.15, -0.1) is 0 Å². The zero-order valence-electron chi connectivity index (χ0n) is 16.2. The van der Waals surface area contributed by atoms with E-state index in [1.54, 1.807) is 12.1 Å². The minimum atomic E-state index is -0.0744. The highest BCUT2D eigenvalue weighted by atomic mass is 16.3. The number of hydrogen-bond donors (Lipinski definition) is 0. The van der Waals surface area contributed by atoms with Crippen LogP contribution in [-0.4, -0.2) is 0 Å². The van der Waals surface area contributed by atoms with E-state index >= 15 is 0 Å². The van der Waals surface area contributed by atoms with Gasteiger partial charge >= 0.3 is 0 Å². The molecule has 4 aromatic carbocycles. The van der Waals surface area contributed by atoms with Gasteiger partial charge in [-0.1, -0.05) is 12.1 Å². The van der Waals surface area contributed by atoms with Crippen molar-refractivity contribution >= 4 is 65.4 Å². The summed E-state index contributed by atoms with van der Waals surface area (Å²) in [6.45, 7) is 0. The highest BCUT2D eigenvalue weighted by Crippen LogP contribution is 2.40. The summed E-state index contributed by atoms with van der Waals surface area (Å²) < 4.78 is 11.9. The summed E-state index contributed by atoms with van der Waals surface area (Å²) in [5.74, 6) is 0. The summed E-state index contributed by atoms with van der Waals surface area (Å²) in [7, 11) is 0. The van der Waals surface area contributed by atoms with Crippen LogP contribution < -0.4 is 10.8 Å². The third kappa shape index (κ3) is 2.13. The van der Waals surface area contributed by atoms with Gasteiger partial charge in [-0.2, -0.15) is 21.0 Å². The second kappa shape index (κ2) is 6.10. The molecule has 32 heavy (non-hydrogen) atoms. The molecule has 2 heterocycles. The number of nitrogens with zero attached hydrogens (tertiary/aromatic N) is 4. The molecule has 0 radical (unpaired) electrons. The first-order chi connectivity index (χ1) is 15.7. The maximum absolute atomic E-state index is 9.21. The lowest BCUT2D eigenvalue weighted by molar-refractivity contribution is 0.580. The van der Waals surface area contributed by atoms with Crippen LogP contribution in [0.3, 0.4) is 0 Å². The molecule has 0 saturated heterocycles. The Morgan fingerprint density at radius 1 is 0.531 bits per heavy atom. The summed E-state index contributed by atoms with van der Waals surface area (Å²) in [5, 5.41) is 44.1. The number of fused-ring (bicyclic) bond motifs is 4. The molecule has 0 aliphatic heterocycles. The Morgan fingerprint density at radius 2 is 0.938 bits per heavy atom. The lowest BCUT2D eigenvalue weighted by Gasteiger charge is -2.11. The maximum Gasteiger partial charge on any atom is 0.172 e. The molecular formula is C26H8N4O2. The van der Waals surface area contributed by atoms with Crippen LogP contribution in [0.4, 0.5) is 0 Å². The first kappa shape index (κ1) is 17.5. The Balaban J connectivity index is 1.84. The molecular weight excluding hydrogens is 400 g/mol. The van der Waals surface area contributed by atoms with Crippen molar-refractivity contribution in [3.8, 4) is 24.3 Å². The van der Waals surface area contributed by atoms with Crippen LogP contribution in [0.1, 0.15) is 0 Å². The number of hydrogen-bond acceptors (Lipinski definition) is 6. The quantitative estimate of drug-likeness (QED) is 0.342. The van der Waals surface area contributed by atoms with E-state index in [9.17, 15) is 21.0 Å². The first-order valence-corrected chi connectivity index (χ1v) is 9.59. The Bertz CT molecular complexity index is 1900. The predicted molar refractivity (Wildman–Crippen MR) is 118 cm³/mol. The molecule has 144 valence electrons. The molecule has 0 amide bonds. The van der Waals surface area contributed by atoms with Crippen molar-refractivity contribution in [1.29, 1.82) is 21.0 Å². The maximum atomic E-state index is 9.21. The molecule has 0 saturated carbocycles. The van der Waals surface area contributed by atoms with Crippen LogP contribution in [0.5, 0.6) is 0 Å². The number of rotatable bonds is 0. The van der Waals surface area contributed by atoms with E-state index in [1.807, 2.05) is 60.7 Å². The van der Waals surface area contributed by atoms with Gasteiger partial charge in [-0.25, -0.2) is 0 Å². The van der Waals surface area contributed by atoms with Gasteiger partial charge in [-0.3, -0.25) is 0 Å². The summed E-state index contributed by atoms with van der Waals surface area (Å²) in [6.07, 6.45) is 0. The van der Waals surface area contributed by atoms with Crippen molar-refractivity contribution in [2.24, 2.45) is 0 Å². The minimum absolute atomic E-state index is 0.0744. The highest BCUT2D eigenvalue weighted by Gasteiger charge is 2.17. The summed E-state index contributed by atoms with van der Waals surface area (Å²) in [5.41, 5.74) is 1.55. The van der Waals surface area contributed by atoms with Crippen LogP contribution in [0.2, 0.25) is 0 Å². The molecule has 0 fully saturated rings. The zero-order chi connectivity index (χ0) is 22.0. The van der Waals surface area contributed by atoms with Gasteiger partial charge in [-0.05, 0) is 47.2 Å². The molecule has 6 nitrogen and oxygen atoms in total. The number of benzene rings is 4. The van der Waals surface area contributed by atoms with E-state index in [1.165, 1.54) is 0 Å². The second-order valence-corrected chi connectivity index (χ2v) is 7.43. The van der Waals surface area contributed by atoms with Crippen molar-refractivity contribution in [1.82, 2.24) is 0 Å². The van der Waals surface area contributed by atoms with Crippen molar-refractivity contribution < 1.29 is 8.83 Å². The minimum Gasteiger partial charge on any atom is -0.454 e. The van der Waals surface area contributed by atoms with Crippen LogP contribution >= 0.6 is 0 Å². The molecule has 6 rings (SSSR count). The van der Waals surface area contributed by atoms with Gasteiger partial charge < -0.3 is 8.83 Å². The molecule has 0 bridgehead atoms. The van der Waals surface area contributed by atoms with E-state index in [0.717, 1.165) is 43.1 Å². The third-order valence-corrected chi connectivity index (χ3v) is 5.80. The van der Waals surface area contributed by atoms with E-state index in [2.05, 4.69) is 0 Å². The van der Waals surface area contributed by atoms with Gasteiger partial charge in [0.1, 0.15) is 35.4 Å². The summed E-state index contributed by atoms with van der Waals surface area (Å²) in [4.78, 5) is 0.